The van der Waals surface area contributed by atoms with Gasteiger partial charge in [-0.1, -0.05) is 37.1 Å². The number of carbonyl (C=O) groups excluding carboxylic acids is 1. The van der Waals surface area contributed by atoms with Crippen LogP contribution in [0.1, 0.15) is 54.4 Å². The van der Waals surface area contributed by atoms with Gasteiger partial charge in [-0.25, -0.2) is 14.5 Å². The maximum atomic E-state index is 13.4. The second-order valence-corrected chi connectivity index (χ2v) is 8.34. The Balaban J connectivity index is 1.72. The third-order valence-corrected chi connectivity index (χ3v) is 5.56. The van der Waals surface area contributed by atoms with Crippen molar-refractivity contribution < 1.29 is 27.5 Å². The van der Waals surface area contributed by atoms with Crippen molar-refractivity contribution in [3.63, 3.8) is 0 Å². The summed E-state index contributed by atoms with van der Waals surface area (Å²) in [6.45, 7) is 3.65. The van der Waals surface area contributed by atoms with Crippen molar-refractivity contribution in [2.75, 3.05) is 11.9 Å². The SMILES string of the molecule is CCCCCOC(=O)Nc1nc(CON=C(c2ccc(C)c(C(F)(F)F)c2)c2nnnn2C)cs1. The number of benzene rings is 1. The Labute approximate surface area is 203 Å². The lowest BCUT2D eigenvalue weighted by molar-refractivity contribution is -0.138. The number of oxime groups is 1. The predicted molar refractivity (Wildman–Crippen MR) is 122 cm³/mol. The summed E-state index contributed by atoms with van der Waals surface area (Å²) in [7, 11) is 1.53. The number of alkyl halides is 3. The number of rotatable bonds is 10. The number of nitrogens with zero attached hydrogens (tertiary/aromatic N) is 6. The Morgan fingerprint density at radius 2 is 2.09 bits per heavy atom. The Morgan fingerprint density at radius 3 is 2.77 bits per heavy atom. The monoisotopic (exact) mass is 511 g/mol. The lowest BCUT2D eigenvalue weighted by Crippen LogP contribution is -2.15. The summed E-state index contributed by atoms with van der Waals surface area (Å²) in [6.07, 6.45) is -2.36. The summed E-state index contributed by atoms with van der Waals surface area (Å²) in [5.74, 6) is 0.119. The van der Waals surface area contributed by atoms with Crippen molar-refractivity contribution >= 4 is 28.3 Å². The van der Waals surface area contributed by atoms with Crippen LogP contribution in [0.3, 0.4) is 0 Å². The number of hydrogen-bond acceptors (Lipinski definition) is 9. The summed E-state index contributed by atoms with van der Waals surface area (Å²) in [5, 5.41) is 19.6. The van der Waals surface area contributed by atoms with E-state index in [0.717, 1.165) is 25.3 Å². The van der Waals surface area contributed by atoms with E-state index in [0.29, 0.717) is 17.4 Å². The minimum Gasteiger partial charge on any atom is -0.449 e. The van der Waals surface area contributed by atoms with E-state index in [2.05, 4.69) is 37.9 Å². The molecule has 0 spiro atoms. The number of nitrogens with one attached hydrogen (secondary N) is 1. The van der Waals surface area contributed by atoms with Crippen LogP contribution in [0.25, 0.3) is 0 Å². The number of aromatic nitrogens is 5. The fourth-order valence-electron chi connectivity index (χ4n) is 2.96. The molecule has 0 unspecified atom stereocenters. The Hall–Kier alpha value is -3.55. The van der Waals surface area contributed by atoms with Crippen LogP contribution in [0.15, 0.2) is 28.7 Å². The molecule has 10 nitrogen and oxygen atoms in total. The van der Waals surface area contributed by atoms with Gasteiger partial charge in [-0.3, -0.25) is 5.32 Å². The standard InChI is InChI=1S/C21H24F3N7O3S/c1-4-5-6-9-33-20(32)26-19-25-15(12-35-19)11-34-28-17(18-27-29-30-31(18)3)14-8-7-13(2)16(10-14)21(22,23)24/h7-8,10,12H,4-6,9,11H2,1-3H3,(H,25,26,32). The molecule has 0 atom stereocenters. The second kappa shape index (κ2) is 11.7. The molecule has 0 aliphatic carbocycles. The highest BCUT2D eigenvalue weighted by molar-refractivity contribution is 7.13. The van der Waals surface area contributed by atoms with Gasteiger partial charge in [-0.15, -0.1) is 16.4 Å². The smallest absolute Gasteiger partial charge is 0.416 e. The first-order valence-corrected chi connectivity index (χ1v) is 11.6. The van der Waals surface area contributed by atoms with Crippen molar-refractivity contribution in [2.45, 2.75) is 45.9 Å². The van der Waals surface area contributed by atoms with E-state index in [4.69, 9.17) is 9.57 Å². The van der Waals surface area contributed by atoms with Crippen LogP contribution < -0.4 is 5.32 Å². The van der Waals surface area contributed by atoms with Gasteiger partial charge in [-0.05, 0) is 35.4 Å². The van der Waals surface area contributed by atoms with Crippen LogP contribution >= 0.6 is 11.3 Å². The number of carbonyl (C=O) groups is 1. The first-order chi connectivity index (χ1) is 16.7. The minimum atomic E-state index is -4.54. The van der Waals surface area contributed by atoms with Crippen LogP contribution in [-0.4, -0.2) is 43.6 Å². The molecule has 1 N–H and O–H groups in total. The first-order valence-electron chi connectivity index (χ1n) is 10.7. The fraction of sp³-hybridized carbons (Fsp3) is 0.429. The number of hydrogen-bond donors (Lipinski definition) is 1. The molecule has 1 amide bonds. The molecule has 188 valence electrons. The number of tetrazole rings is 1. The fourth-order valence-corrected chi connectivity index (χ4v) is 3.64. The van der Waals surface area contributed by atoms with E-state index in [1.807, 2.05) is 0 Å². The molecule has 0 aliphatic rings. The molecular formula is C21H24F3N7O3S. The summed E-state index contributed by atoms with van der Waals surface area (Å²) in [6, 6.07) is 3.80. The zero-order valence-corrected chi connectivity index (χ0v) is 20.1. The van der Waals surface area contributed by atoms with Gasteiger partial charge in [-0.2, -0.15) is 13.2 Å². The van der Waals surface area contributed by atoms with E-state index in [1.54, 1.807) is 5.38 Å². The number of amides is 1. The zero-order chi connectivity index (χ0) is 25.4. The number of ether oxygens (including phenoxy) is 1. The van der Waals surface area contributed by atoms with Crippen molar-refractivity contribution in [3.05, 3.63) is 51.8 Å². The topological polar surface area (TPSA) is 116 Å². The number of unbranched alkanes of at least 4 members (excludes halogenated alkanes) is 2. The molecular weight excluding hydrogens is 487 g/mol. The minimum absolute atomic E-state index is 0.0206. The molecule has 14 heteroatoms. The summed E-state index contributed by atoms with van der Waals surface area (Å²) >= 11 is 1.17. The van der Waals surface area contributed by atoms with Crippen LogP contribution in [0, 0.1) is 6.92 Å². The van der Waals surface area contributed by atoms with Gasteiger partial charge in [0.25, 0.3) is 0 Å². The zero-order valence-electron chi connectivity index (χ0n) is 19.3. The number of halogens is 3. The van der Waals surface area contributed by atoms with Gasteiger partial charge in [0, 0.05) is 18.0 Å². The van der Waals surface area contributed by atoms with Crippen LogP contribution in [0.2, 0.25) is 0 Å². The third-order valence-electron chi connectivity index (χ3n) is 4.76. The molecule has 1 aromatic carbocycles. The van der Waals surface area contributed by atoms with E-state index < -0.39 is 17.8 Å². The summed E-state index contributed by atoms with van der Waals surface area (Å²) in [5.41, 5.74) is -0.117. The normalized spacial score (nSPS) is 12.0. The molecule has 0 radical (unpaired) electrons. The summed E-state index contributed by atoms with van der Waals surface area (Å²) in [4.78, 5) is 21.4. The molecule has 2 heterocycles. The molecule has 0 aliphatic heterocycles. The Morgan fingerprint density at radius 1 is 1.29 bits per heavy atom. The first kappa shape index (κ1) is 26.1. The molecule has 0 bridgehead atoms. The van der Waals surface area contributed by atoms with Gasteiger partial charge < -0.3 is 9.57 Å². The molecule has 3 rings (SSSR count). The highest BCUT2D eigenvalue weighted by Crippen LogP contribution is 2.32. The Kier molecular flexibility index (Phi) is 8.73. The highest BCUT2D eigenvalue weighted by atomic mass is 32.1. The van der Waals surface area contributed by atoms with Crippen LogP contribution in [-0.2, 0) is 29.4 Å². The van der Waals surface area contributed by atoms with Gasteiger partial charge in [0.1, 0.15) is 0 Å². The van der Waals surface area contributed by atoms with Crippen molar-refractivity contribution in [1.82, 2.24) is 25.2 Å². The van der Waals surface area contributed by atoms with E-state index >= 15 is 0 Å². The van der Waals surface area contributed by atoms with Gasteiger partial charge in [0.2, 0.25) is 5.82 Å². The predicted octanol–water partition coefficient (Wildman–Crippen LogP) is 4.70. The quantitative estimate of drug-likeness (QED) is 0.238. The van der Waals surface area contributed by atoms with E-state index in [-0.39, 0.29) is 29.3 Å². The Bertz CT molecular complexity index is 1180. The summed E-state index contributed by atoms with van der Waals surface area (Å²) < 4.78 is 46.6. The highest BCUT2D eigenvalue weighted by Gasteiger charge is 2.33. The van der Waals surface area contributed by atoms with Crippen molar-refractivity contribution in [3.8, 4) is 0 Å². The largest absolute Gasteiger partial charge is 0.449 e. The van der Waals surface area contributed by atoms with Crippen molar-refractivity contribution in [1.29, 1.82) is 0 Å². The molecule has 0 saturated heterocycles. The average Bonchev–Trinajstić information content (AvgIpc) is 3.43. The number of anilines is 1. The van der Waals surface area contributed by atoms with Gasteiger partial charge >= 0.3 is 12.3 Å². The van der Waals surface area contributed by atoms with Gasteiger partial charge in [0.15, 0.2) is 17.5 Å². The van der Waals surface area contributed by atoms with E-state index in [9.17, 15) is 18.0 Å². The third kappa shape index (κ3) is 7.21. The van der Waals surface area contributed by atoms with Crippen molar-refractivity contribution in [2.24, 2.45) is 12.2 Å². The van der Waals surface area contributed by atoms with Crippen LogP contribution in [0.5, 0.6) is 0 Å². The second-order valence-electron chi connectivity index (χ2n) is 7.48. The maximum Gasteiger partial charge on any atom is 0.416 e. The molecule has 35 heavy (non-hydrogen) atoms. The maximum absolute atomic E-state index is 13.4. The molecule has 3 aromatic rings. The lowest BCUT2D eigenvalue weighted by atomic mass is 10.0. The average molecular weight is 512 g/mol. The molecule has 0 fully saturated rings. The number of thiazole rings is 1. The van der Waals surface area contributed by atoms with Crippen LogP contribution in [0.4, 0.5) is 23.1 Å². The van der Waals surface area contributed by atoms with Gasteiger partial charge in [0.05, 0.1) is 17.9 Å². The number of aryl methyl sites for hydroxylation is 2. The molecule has 2 aromatic heterocycles. The molecule has 0 saturated carbocycles. The van der Waals surface area contributed by atoms with E-state index in [1.165, 1.54) is 42.1 Å². The lowest BCUT2D eigenvalue weighted by Gasteiger charge is -2.12.